The van der Waals surface area contributed by atoms with Crippen LogP contribution in [0.5, 0.6) is 0 Å². The molecule has 1 amide bonds. The van der Waals surface area contributed by atoms with Gasteiger partial charge in [0.1, 0.15) is 0 Å². The summed E-state index contributed by atoms with van der Waals surface area (Å²) in [6.07, 6.45) is 3.37. The van der Waals surface area contributed by atoms with Crippen molar-refractivity contribution in [2.45, 2.75) is 19.8 Å². The van der Waals surface area contributed by atoms with Gasteiger partial charge >= 0.3 is 0 Å². The molecule has 0 atom stereocenters. The maximum Gasteiger partial charge on any atom is 0.257 e. The van der Waals surface area contributed by atoms with E-state index in [0.29, 0.717) is 18.7 Å². The van der Waals surface area contributed by atoms with Crippen LogP contribution in [0.25, 0.3) is 0 Å². The van der Waals surface area contributed by atoms with E-state index in [1.807, 2.05) is 14.0 Å². The highest BCUT2D eigenvalue weighted by molar-refractivity contribution is 5.94. The minimum absolute atomic E-state index is 0.0263. The zero-order chi connectivity index (χ0) is 12.1. The maximum atomic E-state index is 12.1. The summed E-state index contributed by atoms with van der Waals surface area (Å²) in [6.45, 7) is 3.29. The lowest BCUT2D eigenvalue weighted by atomic mass is 10.2. The summed E-state index contributed by atoms with van der Waals surface area (Å²) in [5, 5.41) is 4.26. The maximum absolute atomic E-state index is 12.1. The molecule has 0 spiro atoms. The van der Waals surface area contributed by atoms with Gasteiger partial charge in [-0.15, -0.1) is 0 Å². The van der Waals surface area contributed by atoms with Gasteiger partial charge in [-0.3, -0.25) is 9.48 Å². The summed E-state index contributed by atoms with van der Waals surface area (Å²) in [5.41, 5.74) is 6.97. The summed E-state index contributed by atoms with van der Waals surface area (Å²) in [4.78, 5) is 13.8. The van der Waals surface area contributed by atoms with Crippen molar-refractivity contribution in [1.82, 2.24) is 14.7 Å². The zero-order valence-electron chi connectivity index (χ0n) is 10.2. The van der Waals surface area contributed by atoms with E-state index in [-0.39, 0.29) is 5.91 Å². The van der Waals surface area contributed by atoms with E-state index in [0.717, 1.165) is 18.5 Å². The number of nitrogens with two attached hydrogens (primary N) is 1. The van der Waals surface area contributed by atoms with E-state index in [1.54, 1.807) is 22.8 Å². The van der Waals surface area contributed by atoms with E-state index >= 15 is 0 Å². The second kappa shape index (κ2) is 5.65. The molecule has 5 nitrogen and oxygen atoms in total. The van der Waals surface area contributed by atoms with Crippen LogP contribution in [-0.4, -0.2) is 40.7 Å². The fourth-order valence-corrected chi connectivity index (χ4v) is 1.61. The fourth-order valence-electron chi connectivity index (χ4n) is 1.61. The van der Waals surface area contributed by atoms with Gasteiger partial charge in [-0.05, 0) is 19.4 Å². The van der Waals surface area contributed by atoms with Crippen molar-refractivity contribution >= 4 is 5.91 Å². The van der Waals surface area contributed by atoms with E-state index in [2.05, 4.69) is 5.10 Å². The normalized spacial score (nSPS) is 10.5. The fraction of sp³-hybridized carbons (Fsp3) is 0.636. The molecule has 90 valence electrons. The van der Waals surface area contributed by atoms with Crippen LogP contribution in [0.4, 0.5) is 0 Å². The third kappa shape index (κ3) is 2.82. The summed E-state index contributed by atoms with van der Waals surface area (Å²) < 4.78 is 1.68. The molecule has 1 rings (SSSR count). The third-order valence-electron chi connectivity index (χ3n) is 2.51. The van der Waals surface area contributed by atoms with Crippen LogP contribution >= 0.6 is 0 Å². The molecule has 1 heterocycles. The number of amides is 1. The van der Waals surface area contributed by atoms with Gasteiger partial charge < -0.3 is 10.6 Å². The quantitative estimate of drug-likeness (QED) is 0.787. The molecular formula is C11H20N4O. The van der Waals surface area contributed by atoms with E-state index in [9.17, 15) is 4.79 Å². The lowest BCUT2D eigenvalue weighted by Crippen LogP contribution is -2.29. The highest BCUT2D eigenvalue weighted by atomic mass is 16.2. The SMILES string of the molecule is CCc1nn(C)cc1C(=O)N(C)CCCN. The van der Waals surface area contributed by atoms with Gasteiger partial charge in [-0.2, -0.15) is 5.10 Å². The van der Waals surface area contributed by atoms with Crippen molar-refractivity contribution in [1.29, 1.82) is 0 Å². The molecule has 0 saturated heterocycles. The third-order valence-corrected chi connectivity index (χ3v) is 2.51. The number of nitrogens with zero attached hydrogens (tertiary/aromatic N) is 3. The molecule has 1 aromatic heterocycles. The average molecular weight is 224 g/mol. The largest absolute Gasteiger partial charge is 0.342 e. The topological polar surface area (TPSA) is 64.2 Å². The summed E-state index contributed by atoms with van der Waals surface area (Å²) >= 11 is 0. The first-order valence-corrected chi connectivity index (χ1v) is 5.58. The van der Waals surface area contributed by atoms with Crippen molar-refractivity contribution in [3.8, 4) is 0 Å². The summed E-state index contributed by atoms with van der Waals surface area (Å²) in [6, 6.07) is 0. The van der Waals surface area contributed by atoms with E-state index in [4.69, 9.17) is 5.73 Å². The Labute approximate surface area is 96.2 Å². The lowest BCUT2D eigenvalue weighted by Gasteiger charge is -2.16. The van der Waals surface area contributed by atoms with Gasteiger partial charge in [-0.1, -0.05) is 6.92 Å². The highest BCUT2D eigenvalue weighted by Gasteiger charge is 2.17. The van der Waals surface area contributed by atoms with Crippen LogP contribution in [0.15, 0.2) is 6.20 Å². The van der Waals surface area contributed by atoms with Gasteiger partial charge in [0.2, 0.25) is 0 Å². The number of hydrogen-bond acceptors (Lipinski definition) is 3. The Bertz CT molecular complexity index is 359. The first-order valence-electron chi connectivity index (χ1n) is 5.58. The molecule has 0 fully saturated rings. The Morgan fingerprint density at radius 3 is 2.88 bits per heavy atom. The van der Waals surface area contributed by atoms with Crippen molar-refractivity contribution in [2.75, 3.05) is 20.1 Å². The summed E-state index contributed by atoms with van der Waals surface area (Å²) in [5.74, 6) is 0.0263. The van der Waals surface area contributed by atoms with E-state index < -0.39 is 0 Å². The predicted octanol–water partition coefficient (Wildman–Crippen LogP) is 0.403. The smallest absolute Gasteiger partial charge is 0.257 e. The van der Waals surface area contributed by atoms with Crippen LogP contribution in [0, 0.1) is 0 Å². The lowest BCUT2D eigenvalue weighted by molar-refractivity contribution is 0.0793. The molecule has 0 saturated carbocycles. The summed E-state index contributed by atoms with van der Waals surface area (Å²) in [7, 11) is 3.63. The predicted molar refractivity (Wildman–Crippen MR) is 63.2 cm³/mol. The molecule has 0 aliphatic rings. The molecule has 2 N–H and O–H groups in total. The monoisotopic (exact) mass is 224 g/mol. The Morgan fingerprint density at radius 2 is 2.31 bits per heavy atom. The minimum Gasteiger partial charge on any atom is -0.342 e. The highest BCUT2D eigenvalue weighted by Crippen LogP contribution is 2.10. The molecule has 0 aliphatic heterocycles. The molecule has 0 unspecified atom stereocenters. The molecule has 0 bridgehead atoms. The first-order chi connectivity index (χ1) is 7.60. The Morgan fingerprint density at radius 1 is 1.62 bits per heavy atom. The second-order valence-corrected chi connectivity index (χ2v) is 3.89. The van der Waals surface area contributed by atoms with Crippen LogP contribution in [0.1, 0.15) is 29.4 Å². The van der Waals surface area contributed by atoms with Gasteiger partial charge in [0.25, 0.3) is 5.91 Å². The molecule has 0 aromatic carbocycles. The molecule has 1 aromatic rings. The van der Waals surface area contributed by atoms with Gasteiger partial charge in [-0.25, -0.2) is 0 Å². The minimum atomic E-state index is 0.0263. The average Bonchev–Trinajstić information content (AvgIpc) is 2.66. The van der Waals surface area contributed by atoms with Crippen LogP contribution in [0.3, 0.4) is 0 Å². The van der Waals surface area contributed by atoms with Gasteiger partial charge in [0, 0.05) is 26.8 Å². The molecule has 16 heavy (non-hydrogen) atoms. The Balaban J connectivity index is 2.78. The standard InChI is InChI=1S/C11H20N4O/c1-4-10-9(8-15(3)13-10)11(16)14(2)7-5-6-12/h8H,4-7,12H2,1-3H3. The van der Waals surface area contributed by atoms with Crippen molar-refractivity contribution in [3.05, 3.63) is 17.5 Å². The van der Waals surface area contributed by atoms with Crippen molar-refractivity contribution in [3.63, 3.8) is 0 Å². The Hall–Kier alpha value is -1.36. The van der Waals surface area contributed by atoms with Crippen LogP contribution in [-0.2, 0) is 13.5 Å². The number of aryl methyl sites for hydroxylation is 2. The van der Waals surface area contributed by atoms with Gasteiger partial charge in [0.05, 0.1) is 11.3 Å². The molecule has 5 heteroatoms. The Kier molecular flexibility index (Phi) is 4.49. The molecule has 0 aliphatic carbocycles. The van der Waals surface area contributed by atoms with Crippen LogP contribution in [0.2, 0.25) is 0 Å². The number of aromatic nitrogens is 2. The second-order valence-electron chi connectivity index (χ2n) is 3.89. The van der Waals surface area contributed by atoms with E-state index in [1.165, 1.54) is 0 Å². The first kappa shape index (κ1) is 12.7. The molecule has 0 radical (unpaired) electrons. The zero-order valence-corrected chi connectivity index (χ0v) is 10.2. The number of hydrogen-bond donors (Lipinski definition) is 1. The van der Waals surface area contributed by atoms with Crippen molar-refractivity contribution < 1.29 is 4.79 Å². The van der Waals surface area contributed by atoms with Crippen LogP contribution < -0.4 is 5.73 Å². The number of carbonyl (C=O) groups is 1. The van der Waals surface area contributed by atoms with Gasteiger partial charge in [0.15, 0.2) is 0 Å². The number of rotatable bonds is 5. The molecular weight excluding hydrogens is 204 g/mol. The van der Waals surface area contributed by atoms with Crippen molar-refractivity contribution in [2.24, 2.45) is 12.8 Å². The number of carbonyl (C=O) groups excluding carboxylic acids is 1.